The third-order valence-electron chi connectivity index (χ3n) is 23.1. The van der Waals surface area contributed by atoms with Gasteiger partial charge in [-0.2, -0.15) is 0 Å². The molecule has 5 heteroatoms. The minimum Gasteiger partial charge on any atom is -0.456 e. The number of fused-ring (bicyclic) bond motifs is 10. The van der Waals surface area contributed by atoms with E-state index in [9.17, 15) is 0 Å². The topological polar surface area (TPSA) is 19.6 Å². The van der Waals surface area contributed by atoms with Crippen molar-refractivity contribution in [2.24, 2.45) is 0 Å². The van der Waals surface area contributed by atoms with Crippen LogP contribution in [0.5, 0.6) is 0 Å². The number of benzene rings is 15. The summed E-state index contributed by atoms with van der Waals surface area (Å²) in [7, 11) is -3.16. The fourth-order valence-electron chi connectivity index (χ4n) is 17.8. The Morgan fingerprint density at radius 2 is 0.645 bits per heavy atom. The van der Waals surface area contributed by atoms with E-state index in [2.05, 4.69) is 412 Å². The Labute approximate surface area is 630 Å². The van der Waals surface area contributed by atoms with Gasteiger partial charge < -0.3 is 14.2 Å². The molecule has 0 fully saturated rings. The molecule has 3 aliphatic heterocycles. The van der Waals surface area contributed by atoms with E-state index in [4.69, 9.17) is 4.42 Å². The van der Waals surface area contributed by atoms with Gasteiger partial charge in [-0.1, -0.05) is 329 Å². The van der Waals surface area contributed by atoms with Gasteiger partial charge in [-0.25, -0.2) is 0 Å². The Hall–Kier alpha value is -12.0. The van der Waals surface area contributed by atoms with E-state index in [1.807, 2.05) is 0 Å². The highest BCUT2D eigenvalue weighted by Gasteiger charge is 2.53. The summed E-state index contributed by atoms with van der Waals surface area (Å²) < 4.78 is 7.26. The van der Waals surface area contributed by atoms with E-state index in [-0.39, 0.29) is 23.0 Å². The minimum atomic E-state index is -3.16. The molecular formula is C102H83BN2OSi. The zero-order valence-electron chi connectivity index (χ0n) is 62.2. The molecular weight excluding hydrogens is 1310 g/mol. The van der Waals surface area contributed by atoms with Crippen LogP contribution >= 0.6 is 0 Å². The van der Waals surface area contributed by atoms with Gasteiger partial charge in [0.05, 0.1) is 11.4 Å². The Bertz CT molecular complexity index is 5980. The van der Waals surface area contributed by atoms with E-state index in [0.29, 0.717) is 0 Å². The van der Waals surface area contributed by atoms with Crippen molar-refractivity contribution in [3.8, 4) is 77.9 Å². The van der Waals surface area contributed by atoms with E-state index in [1.165, 1.54) is 76.1 Å². The van der Waals surface area contributed by atoms with Crippen molar-refractivity contribution in [3.05, 3.63) is 356 Å². The predicted molar refractivity (Wildman–Crippen MR) is 459 cm³/mol. The molecule has 3 aliphatic rings. The van der Waals surface area contributed by atoms with Crippen LogP contribution in [0, 0.1) is 0 Å². The third-order valence-corrected chi connectivity index (χ3v) is 28.0. The van der Waals surface area contributed by atoms with Crippen molar-refractivity contribution < 1.29 is 4.42 Å². The summed E-state index contributed by atoms with van der Waals surface area (Å²) in [6.07, 6.45) is 0. The molecule has 107 heavy (non-hydrogen) atoms. The Kier molecular flexibility index (Phi) is 15.4. The first-order chi connectivity index (χ1) is 52.0. The second kappa shape index (κ2) is 25.1. The molecule has 19 rings (SSSR count). The lowest BCUT2D eigenvalue weighted by Crippen LogP contribution is -2.73. The Morgan fingerprint density at radius 3 is 1.13 bits per heavy atom. The lowest BCUT2D eigenvalue weighted by atomic mass is 9.33. The van der Waals surface area contributed by atoms with Crippen molar-refractivity contribution in [3.63, 3.8) is 0 Å². The SMILES string of the molecule is CC(C)(C)c1cc(-c2cccc(-c3ccccc3)c2)c(N2c3cc4c(cc3B3c5cc6oc7ccccc7c6cc5N(c5c(-c6ccccc6)cc(C(C)(C)C)cc5-c5ccccc5)c5cc(C(C)(C)C)cc2c53)[Si](c2ccccc2)(c2ccccc2)c2ccccc2-4)c(-c2cccc(-c3ccccc3)c2)c1. The van der Waals surface area contributed by atoms with E-state index >= 15 is 0 Å². The van der Waals surface area contributed by atoms with Crippen molar-refractivity contribution in [1.29, 1.82) is 0 Å². The summed E-state index contributed by atoms with van der Waals surface area (Å²) in [5.41, 5.74) is 31.6. The minimum absolute atomic E-state index is 0.203. The van der Waals surface area contributed by atoms with Gasteiger partial charge in [0, 0.05) is 55.8 Å². The maximum absolute atomic E-state index is 7.26. The molecule has 3 nitrogen and oxygen atoms in total. The van der Waals surface area contributed by atoms with Gasteiger partial charge >= 0.3 is 0 Å². The summed E-state index contributed by atoms with van der Waals surface area (Å²) in [6.45, 7) is 21.1. The number of furan rings is 1. The van der Waals surface area contributed by atoms with Gasteiger partial charge in [-0.3, -0.25) is 0 Å². The highest BCUT2D eigenvalue weighted by molar-refractivity contribution is 7.22. The first kappa shape index (κ1) is 65.7. The van der Waals surface area contributed by atoms with Crippen molar-refractivity contribution in [1.82, 2.24) is 0 Å². The van der Waals surface area contributed by atoms with Crippen LogP contribution in [-0.4, -0.2) is 14.8 Å². The van der Waals surface area contributed by atoms with Crippen molar-refractivity contribution in [2.75, 3.05) is 9.80 Å². The van der Waals surface area contributed by atoms with Crippen LogP contribution in [0.15, 0.2) is 344 Å². The average molecular weight is 1390 g/mol. The largest absolute Gasteiger partial charge is 0.456 e. The molecule has 0 N–H and O–H groups in total. The zero-order valence-corrected chi connectivity index (χ0v) is 63.2. The van der Waals surface area contributed by atoms with Crippen LogP contribution in [0.1, 0.15) is 79.0 Å². The monoisotopic (exact) mass is 1390 g/mol. The molecule has 0 amide bonds. The predicted octanol–water partition coefficient (Wildman–Crippen LogP) is 22.9. The molecule has 4 heterocycles. The second-order valence-electron chi connectivity index (χ2n) is 32.7. The first-order valence-corrected chi connectivity index (χ1v) is 39.9. The molecule has 514 valence electrons. The van der Waals surface area contributed by atoms with Crippen LogP contribution in [0.2, 0.25) is 0 Å². The summed E-state index contributed by atoms with van der Waals surface area (Å²) in [5, 5.41) is 7.69. The third kappa shape index (κ3) is 10.7. The average Bonchev–Trinajstić information content (AvgIpc) is 1.65. The lowest BCUT2D eigenvalue weighted by Gasteiger charge is -2.47. The van der Waals surface area contributed by atoms with Gasteiger partial charge in [0.25, 0.3) is 6.71 Å². The number of rotatable bonds is 10. The molecule has 15 aromatic carbocycles. The summed E-state index contributed by atoms with van der Waals surface area (Å²) >= 11 is 0. The smallest absolute Gasteiger partial charge is 0.252 e. The molecule has 0 saturated heterocycles. The molecule has 0 unspecified atom stereocenters. The molecule has 0 radical (unpaired) electrons. The van der Waals surface area contributed by atoms with E-state index in [0.717, 1.165) is 112 Å². The van der Waals surface area contributed by atoms with Gasteiger partial charge in [0.15, 0.2) is 8.07 Å². The normalized spacial score (nSPS) is 13.5. The lowest BCUT2D eigenvalue weighted by molar-refractivity contribution is 0.590. The van der Waals surface area contributed by atoms with Crippen LogP contribution in [-0.2, 0) is 16.2 Å². The van der Waals surface area contributed by atoms with Gasteiger partial charge in [-0.05, 0) is 199 Å². The molecule has 16 aromatic rings. The van der Waals surface area contributed by atoms with Crippen LogP contribution < -0.4 is 46.9 Å². The molecule has 0 aliphatic carbocycles. The highest BCUT2D eigenvalue weighted by Crippen LogP contribution is 2.56. The van der Waals surface area contributed by atoms with Crippen molar-refractivity contribution in [2.45, 2.75) is 78.6 Å². The number of nitrogens with zero attached hydrogens (tertiary/aromatic N) is 2. The first-order valence-electron chi connectivity index (χ1n) is 37.9. The molecule has 0 bridgehead atoms. The number of para-hydroxylation sites is 1. The van der Waals surface area contributed by atoms with Crippen LogP contribution in [0.3, 0.4) is 0 Å². The molecule has 0 spiro atoms. The fourth-order valence-corrected chi connectivity index (χ4v) is 23.0. The van der Waals surface area contributed by atoms with Gasteiger partial charge in [0.1, 0.15) is 11.2 Å². The molecule has 0 atom stereocenters. The van der Waals surface area contributed by atoms with E-state index < -0.39 is 8.07 Å². The molecule has 1 aromatic heterocycles. The fraction of sp³-hybridized carbons (Fsp3) is 0.118. The molecule has 0 saturated carbocycles. The van der Waals surface area contributed by atoms with Crippen molar-refractivity contribution >= 4 is 108 Å². The summed E-state index contributed by atoms with van der Waals surface area (Å²) in [5.74, 6) is 0. The van der Waals surface area contributed by atoms with Gasteiger partial charge in [0.2, 0.25) is 0 Å². The number of hydrogen-bond acceptors (Lipinski definition) is 3. The Morgan fingerprint density at radius 1 is 0.262 bits per heavy atom. The van der Waals surface area contributed by atoms with Crippen LogP contribution in [0.4, 0.5) is 34.1 Å². The number of anilines is 6. The Balaban J connectivity index is 1.04. The quantitative estimate of drug-likeness (QED) is 0.127. The van der Waals surface area contributed by atoms with Gasteiger partial charge in [-0.15, -0.1) is 0 Å². The summed E-state index contributed by atoms with van der Waals surface area (Å²) in [6, 6.07) is 130. The zero-order chi connectivity index (χ0) is 72.7. The van der Waals surface area contributed by atoms with E-state index in [1.54, 1.807) is 0 Å². The maximum atomic E-state index is 7.26. The maximum Gasteiger partial charge on any atom is 0.252 e. The highest BCUT2D eigenvalue weighted by atomic mass is 28.3. The standard InChI is InChI=1S/C102H83BN2OSi/c1-100(2,3)74-56-81(68-38-20-12-21-39-68)98(82(57-74)69-40-22-13-23-41-69)104-89-62-85-79-50-28-30-52-93(79)106-94(85)64-87(89)103-88-65-96-86(80-51-29-31-53-95(80)107(96,77-46-24-14-25-47-77)78-48-26-15-27-49-78)63-90(88)105(92-61-76(102(7,8)9)60-91(104)97(92)103)99-83(72-44-32-42-70(54-72)66-34-16-10-17-35-66)58-75(101(4,5)6)59-84(99)73-45-33-43-71(55-73)67-36-18-11-19-37-67/h10-65H,1-9H3. The van der Waals surface area contributed by atoms with Crippen LogP contribution in [0.25, 0.3) is 99.8 Å². The summed E-state index contributed by atoms with van der Waals surface area (Å²) in [4.78, 5) is 5.52. The second-order valence-corrected chi connectivity index (χ2v) is 36.5. The number of hydrogen-bond donors (Lipinski definition) is 0.